The monoisotopic (exact) mass is 347 g/mol. The highest BCUT2D eigenvalue weighted by Crippen LogP contribution is 2.14. The van der Waals surface area contributed by atoms with Crippen LogP contribution in [0.1, 0.15) is 0 Å². The van der Waals surface area contributed by atoms with Crippen molar-refractivity contribution in [1.29, 1.82) is 0 Å². The summed E-state index contributed by atoms with van der Waals surface area (Å²) in [6, 6.07) is 6.33. The molecule has 0 fully saturated rings. The highest BCUT2D eigenvalue weighted by Gasteiger charge is 2.04. The Labute approximate surface area is 139 Å². The van der Waals surface area contributed by atoms with Gasteiger partial charge in [0.25, 0.3) is 0 Å². The van der Waals surface area contributed by atoms with Crippen molar-refractivity contribution in [3.63, 3.8) is 0 Å². The molecular formula is C15H22FNO7. The fourth-order valence-corrected chi connectivity index (χ4v) is 1.32. The van der Waals surface area contributed by atoms with Gasteiger partial charge >= 0.3 is 11.9 Å². The van der Waals surface area contributed by atoms with Gasteiger partial charge < -0.3 is 29.7 Å². The van der Waals surface area contributed by atoms with Crippen molar-refractivity contribution in [2.75, 3.05) is 46.6 Å². The molecule has 0 saturated heterocycles. The maximum absolute atomic E-state index is 13.2. The summed E-state index contributed by atoms with van der Waals surface area (Å²) in [7, 11) is 1.66. The highest BCUT2D eigenvalue weighted by atomic mass is 19.1. The van der Waals surface area contributed by atoms with Crippen molar-refractivity contribution in [2.24, 2.45) is 0 Å². The lowest BCUT2D eigenvalue weighted by atomic mass is 10.3. The number of para-hydroxylation sites is 1. The van der Waals surface area contributed by atoms with Crippen LogP contribution in [-0.2, 0) is 19.1 Å². The number of carbonyl (C=O) groups is 2. The minimum Gasteiger partial charge on any atom is -0.488 e. The first-order valence-corrected chi connectivity index (χ1v) is 7.10. The Morgan fingerprint density at radius 2 is 1.67 bits per heavy atom. The lowest BCUT2D eigenvalue weighted by Crippen LogP contribution is -2.24. The number of aliphatic carboxylic acids is 2. The molecule has 136 valence electrons. The standard InChI is InChI=1S/C13H20FNO3.C2H2O4/c1-16-8-6-15-7-9-17-10-11-18-13-5-3-2-4-12(13)14;3-1(4)2(5)6/h2-5,15H,6-11H2,1H3;(H,3,4)(H,5,6). The molecular weight excluding hydrogens is 325 g/mol. The van der Waals surface area contributed by atoms with Crippen LogP contribution in [0.25, 0.3) is 0 Å². The summed E-state index contributed by atoms with van der Waals surface area (Å²) >= 11 is 0. The number of ether oxygens (including phenoxy) is 3. The van der Waals surface area contributed by atoms with Gasteiger partial charge in [0.15, 0.2) is 11.6 Å². The zero-order valence-electron chi connectivity index (χ0n) is 13.4. The largest absolute Gasteiger partial charge is 0.488 e. The fourth-order valence-electron chi connectivity index (χ4n) is 1.32. The molecule has 0 atom stereocenters. The van der Waals surface area contributed by atoms with E-state index in [1.807, 2.05) is 0 Å². The predicted octanol–water partition coefficient (Wildman–Crippen LogP) is 0.613. The van der Waals surface area contributed by atoms with E-state index in [4.69, 9.17) is 34.0 Å². The quantitative estimate of drug-likeness (QED) is 0.417. The van der Waals surface area contributed by atoms with Gasteiger partial charge in [0.2, 0.25) is 0 Å². The van der Waals surface area contributed by atoms with Crippen molar-refractivity contribution in [2.45, 2.75) is 0 Å². The number of rotatable bonds is 10. The van der Waals surface area contributed by atoms with Crippen molar-refractivity contribution in [3.05, 3.63) is 30.1 Å². The molecule has 0 unspecified atom stereocenters. The lowest BCUT2D eigenvalue weighted by Gasteiger charge is -2.08. The van der Waals surface area contributed by atoms with E-state index in [2.05, 4.69) is 5.32 Å². The Balaban J connectivity index is 0.000000754. The van der Waals surface area contributed by atoms with Crippen LogP contribution in [-0.4, -0.2) is 68.8 Å². The number of hydrogen-bond acceptors (Lipinski definition) is 6. The van der Waals surface area contributed by atoms with Gasteiger partial charge in [0.05, 0.1) is 19.8 Å². The molecule has 1 aromatic rings. The number of benzene rings is 1. The number of carboxylic acids is 2. The van der Waals surface area contributed by atoms with Gasteiger partial charge in [0.1, 0.15) is 6.61 Å². The number of carboxylic acid groups (broad SMARTS) is 2. The van der Waals surface area contributed by atoms with Crippen LogP contribution in [0.15, 0.2) is 24.3 Å². The Morgan fingerprint density at radius 3 is 2.25 bits per heavy atom. The van der Waals surface area contributed by atoms with Crippen LogP contribution in [0.2, 0.25) is 0 Å². The second kappa shape index (κ2) is 14.4. The van der Waals surface area contributed by atoms with Gasteiger partial charge in [-0.05, 0) is 12.1 Å². The molecule has 0 aliphatic rings. The molecule has 0 bridgehead atoms. The molecule has 0 aromatic heterocycles. The first kappa shape index (κ1) is 21.8. The molecule has 9 heteroatoms. The third kappa shape index (κ3) is 12.3. The van der Waals surface area contributed by atoms with E-state index in [1.165, 1.54) is 6.07 Å². The molecule has 3 N–H and O–H groups in total. The summed E-state index contributed by atoms with van der Waals surface area (Å²) in [5, 5.41) is 17.9. The Hall–Kier alpha value is -2.23. The summed E-state index contributed by atoms with van der Waals surface area (Å²) in [5.41, 5.74) is 0. The fraction of sp³-hybridized carbons (Fsp3) is 0.467. The minimum atomic E-state index is -1.82. The molecule has 0 saturated carbocycles. The SMILES string of the molecule is COCCNCCOCCOc1ccccc1F.O=C(O)C(=O)O. The molecule has 8 nitrogen and oxygen atoms in total. The number of halogens is 1. The van der Waals surface area contributed by atoms with E-state index in [9.17, 15) is 4.39 Å². The second-order valence-electron chi connectivity index (χ2n) is 4.24. The van der Waals surface area contributed by atoms with E-state index in [-0.39, 0.29) is 11.6 Å². The molecule has 0 heterocycles. The van der Waals surface area contributed by atoms with Gasteiger partial charge in [-0.3, -0.25) is 0 Å². The summed E-state index contributed by atoms with van der Waals surface area (Å²) in [4.78, 5) is 18.2. The molecule has 1 aromatic carbocycles. The van der Waals surface area contributed by atoms with Crippen molar-refractivity contribution in [3.8, 4) is 5.75 Å². The zero-order valence-corrected chi connectivity index (χ0v) is 13.4. The third-order valence-electron chi connectivity index (χ3n) is 2.41. The first-order chi connectivity index (χ1) is 11.5. The van der Waals surface area contributed by atoms with Crippen LogP contribution in [0.3, 0.4) is 0 Å². The zero-order chi connectivity index (χ0) is 18.2. The Morgan fingerprint density at radius 1 is 1.04 bits per heavy atom. The van der Waals surface area contributed by atoms with E-state index in [1.54, 1.807) is 25.3 Å². The van der Waals surface area contributed by atoms with E-state index >= 15 is 0 Å². The third-order valence-corrected chi connectivity index (χ3v) is 2.41. The molecule has 0 spiro atoms. The predicted molar refractivity (Wildman–Crippen MR) is 82.7 cm³/mol. The number of methoxy groups -OCH3 is 1. The smallest absolute Gasteiger partial charge is 0.414 e. The van der Waals surface area contributed by atoms with Crippen LogP contribution in [0, 0.1) is 5.82 Å². The molecule has 0 amide bonds. The van der Waals surface area contributed by atoms with Crippen molar-refractivity contribution >= 4 is 11.9 Å². The first-order valence-electron chi connectivity index (χ1n) is 7.10. The van der Waals surface area contributed by atoms with E-state index in [0.717, 1.165) is 13.1 Å². The Kier molecular flexibility index (Phi) is 13.0. The minimum absolute atomic E-state index is 0.263. The second-order valence-corrected chi connectivity index (χ2v) is 4.24. The molecule has 0 aliphatic heterocycles. The summed E-state index contributed by atoms with van der Waals surface area (Å²) in [6.07, 6.45) is 0. The summed E-state index contributed by atoms with van der Waals surface area (Å²) in [6.45, 7) is 3.66. The Bertz CT molecular complexity index is 473. The summed E-state index contributed by atoms with van der Waals surface area (Å²) < 4.78 is 28.6. The van der Waals surface area contributed by atoms with Crippen molar-refractivity contribution < 1.29 is 38.4 Å². The van der Waals surface area contributed by atoms with Crippen LogP contribution in [0.4, 0.5) is 4.39 Å². The van der Waals surface area contributed by atoms with Crippen LogP contribution >= 0.6 is 0 Å². The van der Waals surface area contributed by atoms with Crippen LogP contribution < -0.4 is 10.1 Å². The van der Waals surface area contributed by atoms with Gasteiger partial charge in [-0.25, -0.2) is 14.0 Å². The van der Waals surface area contributed by atoms with Crippen molar-refractivity contribution in [1.82, 2.24) is 5.32 Å². The van der Waals surface area contributed by atoms with Gasteiger partial charge in [-0.2, -0.15) is 0 Å². The van der Waals surface area contributed by atoms with Crippen LogP contribution in [0.5, 0.6) is 5.75 Å². The average Bonchev–Trinajstić information content (AvgIpc) is 2.55. The van der Waals surface area contributed by atoms with E-state index in [0.29, 0.717) is 26.4 Å². The molecule has 1 rings (SSSR count). The van der Waals surface area contributed by atoms with Gasteiger partial charge in [-0.1, -0.05) is 12.1 Å². The lowest BCUT2D eigenvalue weighted by molar-refractivity contribution is -0.159. The normalized spacial score (nSPS) is 9.75. The maximum atomic E-state index is 13.2. The topological polar surface area (TPSA) is 114 Å². The summed E-state index contributed by atoms with van der Waals surface area (Å²) in [5.74, 6) is -3.73. The molecule has 24 heavy (non-hydrogen) atoms. The highest BCUT2D eigenvalue weighted by molar-refractivity contribution is 6.27. The maximum Gasteiger partial charge on any atom is 0.414 e. The van der Waals surface area contributed by atoms with E-state index < -0.39 is 11.9 Å². The molecule has 0 aliphatic carbocycles. The number of hydrogen-bond donors (Lipinski definition) is 3. The van der Waals surface area contributed by atoms with Gasteiger partial charge in [-0.15, -0.1) is 0 Å². The van der Waals surface area contributed by atoms with Gasteiger partial charge in [0, 0.05) is 20.2 Å². The average molecular weight is 347 g/mol. The molecule has 0 radical (unpaired) electrons. The number of nitrogens with one attached hydrogen (secondary N) is 1.